The Bertz CT molecular complexity index is 1620. The van der Waals surface area contributed by atoms with Gasteiger partial charge < -0.3 is 19.5 Å². The predicted octanol–water partition coefficient (Wildman–Crippen LogP) is 5.86. The molecule has 2 aromatic carbocycles. The van der Waals surface area contributed by atoms with Gasteiger partial charge in [0.15, 0.2) is 10.7 Å². The fourth-order valence-electron chi connectivity index (χ4n) is 4.57. The maximum absolute atomic E-state index is 13.2. The average molecular weight is 550 g/mol. The zero-order valence-electron chi connectivity index (χ0n) is 20.7. The Hall–Kier alpha value is -3.83. The Morgan fingerprint density at radius 2 is 1.82 bits per heavy atom. The lowest BCUT2D eigenvalue weighted by molar-refractivity contribution is -0.133. The molecule has 5 aromatic rings. The van der Waals surface area contributed by atoms with Crippen LogP contribution in [0.1, 0.15) is 22.5 Å². The third-order valence-electron chi connectivity index (χ3n) is 6.59. The number of halogens is 1. The molecule has 1 aliphatic rings. The van der Waals surface area contributed by atoms with E-state index in [1.165, 1.54) is 23.5 Å². The van der Waals surface area contributed by atoms with Gasteiger partial charge in [-0.25, -0.2) is 14.4 Å². The minimum absolute atomic E-state index is 0.0728. The van der Waals surface area contributed by atoms with E-state index in [-0.39, 0.29) is 23.5 Å². The number of anilines is 2. The summed E-state index contributed by atoms with van der Waals surface area (Å²) in [5.41, 5.74) is 2.44. The molecule has 3 aromatic heterocycles. The molecule has 0 aliphatic carbocycles. The van der Waals surface area contributed by atoms with E-state index < -0.39 is 0 Å². The van der Waals surface area contributed by atoms with Gasteiger partial charge in [-0.1, -0.05) is 11.3 Å². The van der Waals surface area contributed by atoms with E-state index in [9.17, 15) is 14.0 Å². The molecule has 4 heterocycles. The van der Waals surface area contributed by atoms with Gasteiger partial charge in [-0.05, 0) is 61.4 Å². The maximum atomic E-state index is 13.2. The molecule has 1 N–H and O–H groups in total. The fraction of sp³-hybridized carbons (Fsp3) is 0.259. The lowest BCUT2D eigenvalue weighted by atomic mass is 9.96. The lowest BCUT2D eigenvalue weighted by Crippen LogP contribution is -2.40. The van der Waals surface area contributed by atoms with Gasteiger partial charge in [0.2, 0.25) is 11.8 Å². The summed E-state index contributed by atoms with van der Waals surface area (Å²) >= 11 is 2.93. The van der Waals surface area contributed by atoms with Gasteiger partial charge in [0, 0.05) is 44.4 Å². The first kappa shape index (κ1) is 24.5. The molecule has 0 saturated carbocycles. The third-order valence-corrected chi connectivity index (χ3v) is 8.81. The second kappa shape index (κ2) is 9.80. The van der Waals surface area contributed by atoms with Crippen molar-refractivity contribution in [2.24, 2.45) is 5.92 Å². The molecule has 194 valence electrons. The van der Waals surface area contributed by atoms with Crippen LogP contribution < -0.4 is 10.2 Å². The van der Waals surface area contributed by atoms with Crippen molar-refractivity contribution in [3.05, 3.63) is 59.2 Å². The summed E-state index contributed by atoms with van der Waals surface area (Å²) in [5, 5.41) is 3.86. The number of carbonyl (C=O) groups excluding carboxylic acids is 2. The number of hydrogen-bond donors (Lipinski definition) is 1. The molecule has 0 spiro atoms. The van der Waals surface area contributed by atoms with E-state index in [1.807, 2.05) is 6.07 Å². The molecule has 1 fully saturated rings. The van der Waals surface area contributed by atoms with Crippen molar-refractivity contribution in [2.75, 3.05) is 37.4 Å². The van der Waals surface area contributed by atoms with Gasteiger partial charge in [0.1, 0.15) is 16.2 Å². The fourth-order valence-corrected chi connectivity index (χ4v) is 6.73. The summed E-state index contributed by atoms with van der Waals surface area (Å²) in [6, 6.07) is 13.1. The summed E-state index contributed by atoms with van der Waals surface area (Å²) in [6.07, 6.45) is 1.64. The Balaban J connectivity index is 1.13. The van der Waals surface area contributed by atoms with Crippen molar-refractivity contribution in [1.82, 2.24) is 14.9 Å². The number of carbonyl (C=O) groups is 2. The Morgan fingerprint density at radius 3 is 2.53 bits per heavy atom. The summed E-state index contributed by atoms with van der Waals surface area (Å²) in [6.45, 7) is 1.59. The number of fused-ring (bicyclic) bond motifs is 2. The average Bonchev–Trinajstić information content (AvgIpc) is 3.62. The smallest absolute Gasteiger partial charge is 0.265 e. The number of rotatable bonds is 5. The summed E-state index contributed by atoms with van der Waals surface area (Å²) in [7, 11) is 3.60. The number of nitrogens with one attached hydrogen (secondary N) is 1. The minimum Gasteiger partial charge on any atom is -0.436 e. The number of amides is 2. The highest BCUT2D eigenvalue weighted by Crippen LogP contribution is 2.36. The molecule has 0 atom stereocenters. The van der Waals surface area contributed by atoms with Crippen LogP contribution >= 0.6 is 22.7 Å². The number of thiazole rings is 1. The Kier molecular flexibility index (Phi) is 6.32. The van der Waals surface area contributed by atoms with E-state index >= 15 is 0 Å². The summed E-state index contributed by atoms with van der Waals surface area (Å²) < 4.78 is 20.0. The zero-order valence-corrected chi connectivity index (χ0v) is 22.4. The first-order valence-electron chi connectivity index (χ1n) is 12.2. The summed E-state index contributed by atoms with van der Waals surface area (Å²) in [4.78, 5) is 39.8. The Morgan fingerprint density at radius 1 is 1.05 bits per heavy atom. The van der Waals surface area contributed by atoms with Crippen LogP contribution in [0.3, 0.4) is 0 Å². The van der Waals surface area contributed by atoms with Crippen LogP contribution in [0.25, 0.3) is 32.1 Å². The molecule has 0 unspecified atom stereocenters. The van der Waals surface area contributed by atoms with E-state index in [2.05, 4.69) is 15.2 Å². The molecule has 2 amide bonds. The molecule has 38 heavy (non-hydrogen) atoms. The van der Waals surface area contributed by atoms with Crippen LogP contribution in [0.15, 0.2) is 52.9 Å². The van der Waals surface area contributed by atoms with Gasteiger partial charge in [0.25, 0.3) is 5.91 Å². The van der Waals surface area contributed by atoms with Gasteiger partial charge in [-0.3, -0.25) is 9.59 Å². The number of piperidine rings is 1. The monoisotopic (exact) mass is 549 g/mol. The number of benzene rings is 2. The topological polar surface area (TPSA) is 91.6 Å². The van der Waals surface area contributed by atoms with Crippen LogP contribution in [0.4, 0.5) is 15.2 Å². The van der Waals surface area contributed by atoms with Crippen molar-refractivity contribution in [3.8, 4) is 11.5 Å². The van der Waals surface area contributed by atoms with Crippen molar-refractivity contribution in [2.45, 2.75) is 12.8 Å². The van der Waals surface area contributed by atoms with Gasteiger partial charge in [-0.15, -0.1) is 11.3 Å². The molecule has 6 rings (SSSR count). The number of nitrogens with zero attached hydrogens (tertiary/aromatic N) is 4. The van der Waals surface area contributed by atoms with E-state index in [0.717, 1.165) is 40.6 Å². The van der Waals surface area contributed by atoms with Gasteiger partial charge in [0.05, 0.1) is 9.58 Å². The maximum Gasteiger partial charge on any atom is 0.265 e. The number of thiophene rings is 1. The van der Waals surface area contributed by atoms with Crippen molar-refractivity contribution in [3.63, 3.8) is 0 Å². The number of aromatic nitrogens is 2. The second-order valence-corrected chi connectivity index (χ2v) is 11.5. The molecule has 1 aliphatic heterocycles. The first-order valence-corrected chi connectivity index (χ1v) is 13.8. The normalized spacial score (nSPS) is 14.3. The highest BCUT2D eigenvalue weighted by molar-refractivity contribution is 7.29. The zero-order chi connectivity index (χ0) is 26.4. The molecule has 11 heteroatoms. The molecule has 1 saturated heterocycles. The molecular formula is C27H24FN5O3S2. The standard InChI is InChI=1S/C27H24FN5O3S2/c1-32(2)26(35)16-9-11-33(12-10-16)27-31-25-22(38-27)14-21(37-25)23(34)29-18-7-8-20-19(13-18)30-24(36-20)15-3-5-17(28)6-4-15/h3-8,13-14,16H,9-12H2,1-2H3,(H,29,34). The first-order chi connectivity index (χ1) is 18.3. The molecule has 0 radical (unpaired) electrons. The van der Waals surface area contributed by atoms with Crippen LogP contribution in [0.2, 0.25) is 0 Å². The highest BCUT2D eigenvalue weighted by atomic mass is 32.1. The van der Waals surface area contributed by atoms with Crippen molar-refractivity contribution in [1.29, 1.82) is 0 Å². The largest absolute Gasteiger partial charge is 0.436 e. The quantitative estimate of drug-likeness (QED) is 0.295. The van der Waals surface area contributed by atoms with Crippen molar-refractivity contribution < 1.29 is 18.4 Å². The number of oxazole rings is 1. The van der Waals surface area contributed by atoms with Crippen LogP contribution in [0.5, 0.6) is 0 Å². The number of hydrogen-bond acceptors (Lipinski definition) is 8. The van der Waals surface area contributed by atoms with E-state index in [0.29, 0.717) is 33.1 Å². The van der Waals surface area contributed by atoms with Crippen LogP contribution in [0, 0.1) is 11.7 Å². The van der Waals surface area contributed by atoms with Gasteiger partial charge in [-0.2, -0.15) is 0 Å². The minimum atomic E-state index is -0.326. The second-order valence-electron chi connectivity index (χ2n) is 9.43. The third kappa shape index (κ3) is 4.74. The highest BCUT2D eigenvalue weighted by Gasteiger charge is 2.28. The van der Waals surface area contributed by atoms with E-state index in [4.69, 9.17) is 9.40 Å². The van der Waals surface area contributed by atoms with Crippen LogP contribution in [-0.4, -0.2) is 53.9 Å². The van der Waals surface area contributed by atoms with Crippen LogP contribution in [-0.2, 0) is 4.79 Å². The Labute approximate surface area is 225 Å². The van der Waals surface area contributed by atoms with E-state index in [1.54, 1.807) is 60.7 Å². The molecular weight excluding hydrogens is 525 g/mol. The van der Waals surface area contributed by atoms with Gasteiger partial charge >= 0.3 is 0 Å². The van der Waals surface area contributed by atoms with Crippen molar-refractivity contribution >= 4 is 65.9 Å². The predicted molar refractivity (Wildman–Crippen MR) is 148 cm³/mol. The lowest BCUT2D eigenvalue weighted by Gasteiger charge is -2.32. The molecule has 0 bridgehead atoms. The SMILES string of the molecule is CN(C)C(=O)C1CCN(c2nc3sc(C(=O)Nc4ccc5oc(-c6ccc(F)cc6)nc5c4)cc3s2)CC1. The molecule has 8 nitrogen and oxygen atoms in total. The summed E-state index contributed by atoms with van der Waals surface area (Å²) in [5.74, 6) is 0.108.